The quantitative estimate of drug-likeness (QED) is 0.760. The van der Waals surface area contributed by atoms with Crippen molar-refractivity contribution >= 4 is 49.9 Å². The van der Waals surface area contributed by atoms with Crippen molar-refractivity contribution in [2.24, 2.45) is 0 Å². The Labute approximate surface area is 120 Å². The minimum atomic E-state index is 0.892. The van der Waals surface area contributed by atoms with Gasteiger partial charge in [-0.25, -0.2) is 0 Å². The molecule has 17 heavy (non-hydrogen) atoms. The van der Waals surface area contributed by atoms with Crippen LogP contribution in [0.4, 0.5) is 5.69 Å². The maximum Gasteiger partial charge on any atom is 0.143 e. The fourth-order valence-electron chi connectivity index (χ4n) is 1.70. The number of thiocarbonyl (C=S) groups is 1. The van der Waals surface area contributed by atoms with Gasteiger partial charge in [-0.15, -0.1) is 0 Å². The van der Waals surface area contributed by atoms with Gasteiger partial charge in [0.1, 0.15) is 4.32 Å². The zero-order valence-electron chi connectivity index (χ0n) is 9.94. The molecule has 1 aliphatic heterocycles. The highest BCUT2D eigenvalue weighted by Gasteiger charge is 2.21. The SMILES string of the molecule is CCN1CSC(=S)N(c2ccc(Br)c(C)c2)C1. The van der Waals surface area contributed by atoms with Crippen molar-refractivity contribution in [3.8, 4) is 0 Å². The number of thioether (sulfide) groups is 1. The van der Waals surface area contributed by atoms with Gasteiger partial charge in [0, 0.05) is 10.2 Å². The molecule has 0 aliphatic carbocycles. The van der Waals surface area contributed by atoms with E-state index in [4.69, 9.17) is 12.2 Å². The molecular formula is C12H15BrN2S2. The first-order valence-corrected chi connectivity index (χ1v) is 7.73. The second-order valence-electron chi connectivity index (χ2n) is 4.03. The van der Waals surface area contributed by atoms with Crippen molar-refractivity contribution in [3.63, 3.8) is 0 Å². The molecule has 0 unspecified atom stereocenters. The topological polar surface area (TPSA) is 6.48 Å². The Morgan fingerprint density at radius 2 is 2.24 bits per heavy atom. The highest BCUT2D eigenvalue weighted by molar-refractivity contribution is 9.10. The van der Waals surface area contributed by atoms with Crippen molar-refractivity contribution in [3.05, 3.63) is 28.2 Å². The molecule has 0 aromatic heterocycles. The molecule has 1 aromatic carbocycles. The second kappa shape index (κ2) is 5.69. The molecule has 2 rings (SSSR count). The molecule has 0 amide bonds. The van der Waals surface area contributed by atoms with Crippen LogP contribution in [0.15, 0.2) is 22.7 Å². The van der Waals surface area contributed by atoms with Gasteiger partial charge in [-0.05, 0) is 37.2 Å². The molecule has 1 aliphatic rings. The van der Waals surface area contributed by atoms with Crippen LogP contribution < -0.4 is 4.90 Å². The summed E-state index contributed by atoms with van der Waals surface area (Å²) in [5.74, 6) is 1.00. The van der Waals surface area contributed by atoms with Crippen LogP contribution in [0.1, 0.15) is 12.5 Å². The fraction of sp³-hybridized carbons (Fsp3) is 0.417. The molecule has 0 N–H and O–H groups in total. The van der Waals surface area contributed by atoms with Crippen molar-refractivity contribution in [2.45, 2.75) is 13.8 Å². The highest BCUT2D eigenvalue weighted by atomic mass is 79.9. The van der Waals surface area contributed by atoms with Crippen LogP contribution in [0, 0.1) is 6.92 Å². The van der Waals surface area contributed by atoms with Crippen molar-refractivity contribution in [1.82, 2.24) is 4.90 Å². The normalized spacial score (nSPS) is 17.6. The van der Waals surface area contributed by atoms with Gasteiger partial charge in [0.05, 0.1) is 12.5 Å². The maximum atomic E-state index is 5.44. The summed E-state index contributed by atoms with van der Waals surface area (Å²) in [4.78, 5) is 4.57. The van der Waals surface area contributed by atoms with Gasteiger partial charge in [0.2, 0.25) is 0 Å². The van der Waals surface area contributed by atoms with E-state index in [1.165, 1.54) is 11.3 Å². The molecule has 1 aromatic rings. The van der Waals surface area contributed by atoms with Crippen LogP contribution >= 0.6 is 39.9 Å². The zero-order chi connectivity index (χ0) is 12.4. The van der Waals surface area contributed by atoms with Gasteiger partial charge in [-0.1, -0.05) is 46.8 Å². The number of nitrogens with zero attached hydrogens (tertiary/aromatic N) is 2. The fourth-order valence-corrected chi connectivity index (χ4v) is 3.14. The van der Waals surface area contributed by atoms with Gasteiger partial charge in [-0.2, -0.15) is 0 Å². The summed E-state index contributed by atoms with van der Waals surface area (Å²) in [7, 11) is 0. The van der Waals surface area contributed by atoms with E-state index in [9.17, 15) is 0 Å². The molecule has 0 radical (unpaired) electrons. The van der Waals surface area contributed by atoms with Gasteiger partial charge in [-0.3, -0.25) is 4.90 Å². The standard InChI is InChI=1S/C12H15BrN2S2/c1-3-14-7-15(12(16)17-8-14)10-4-5-11(13)9(2)6-10/h4-6H,3,7-8H2,1-2H3. The van der Waals surface area contributed by atoms with Crippen LogP contribution in [-0.4, -0.2) is 28.3 Å². The molecule has 1 heterocycles. The Bertz CT molecular complexity index is 437. The second-order valence-corrected chi connectivity index (χ2v) is 6.46. The maximum absolute atomic E-state index is 5.44. The van der Waals surface area contributed by atoms with Crippen LogP contribution in [0.5, 0.6) is 0 Å². The molecule has 5 heteroatoms. The molecule has 1 saturated heterocycles. The summed E-state index contributed by atoms with van der Waals surface area (Å²) in [6.07, 6.45) is 0. The lowest BCUT2D eigenvalue weighted by atomic mass is 10.2. The Balaban J connectivity index is 2.24. The Morgan fingerprint density at radius 1 is 1.47 bits per heavy atom. The van der Waals surface area contributed by atoms with Gasteiger partial charge < -0.3 is 4.90 Å². The first-order valence-electron chi connectivity index (χ1n) is 5.54. The molecule has 0 spiro atoms. The summed E-state index contributed by atoms with van der Waals surface area (Å²) in [5, 5.41) is 0. The number of rotatable bonds is 2. The van der Waals surface area contributed by atoms with E-state index in [-0.39, 0.29) is 0 Å². The van der Waals surface area contributed by atoms with Gasteiger partial charge in [0.15, 0.2) is 0 Å². The molecular weight excluding hydrogens is 316 g/mol. The van der Waals surface area contributed by atoms with Crippen molar-refractivity contribution < 1.29 is 0 Å². The summed E-state index contributed by atoms with van der Waals surface area (Å²) in [6, 6.07) is 6.38. The number of aryl methyl sites for hydroxylation is 1. The first kappa shape index (κ1) is 13.3. The number of hydrogen-bond acceptors (Lipinski definition) is 3. The molecule has 0 bridgehead atoms. The number of halogens is 1. The summed E-state index contributed by atoms with van der Waals surface area (Å²) < 4.78 is 2.11. The minimum absolute atomic E-state index is 0.892. The van der Waals surface area contributed by atoms with E-state index in [0.29, 0.717) is 0 Å². The summed E-state index contributed by atoms with van der Waals surface area (Å²) in [6.45, 7) is 6.23. The number of hydrogen-bond donors (Lipinski definition) is 0. The molecule has 2 nitrogen and oxygen atoms in total. The Morgan fingerprint density at radius 3 is 2.88 bits per heavy atom. The molecule has 0 saturated carbocycles. The lowest BCUT2D eigenvalue weighted by Crippen LogP contribution is -2.44. The zero-order valence-corrected chi connectivity index (χ0v) is 13.2. The Kier molecular flexibility index (Phi) is 4.47. The lowest BCUT2D eigenvalue weighted by Gasteiger charge is -2.36. The Hall–Kier alpha value is -0.100. The van der Waals surface area contributed by atoms with E-state index in [1.54, 1.807) is 11.8 Å². The third-order valence-electron chi connectivity index (χ3n) is 2.83. The summed E-state index contributed by atoms with van der Waals surface area (Å²) in [5.41, 5.74) is 2.42. The lowest BCUT2D eigenvalue weighted by molar-refractivity contribution is 0.347. The van der Waals surface area contributed by atoms with Gasteiger partial charge in [0.25, 0.3) is 0 Å². The molecule has 1 fully saturated rings. The van der Waals surface area contributed by atoms with E-state index in [2.05, 4.69) is 57.8 Å². The largest absolute Gasteiger partial charge is 0.314 e. The third kappa shape index (κ3) is 3.02. The molecule has 92 valence electrons. The predicted molar refractivity (Wildman–Crippen MR) is 83.7 cm³/mol. The third-order valence-corrected chi connectivity index (χ3v) is 5.26. The summed E-state index contributed by atoms with van der Waals surface area (Å²) >= 11 is 10.7. The number of benzene rings is 1. The van der Waals surface area contributed by atoms with Crippen molar-refractivity contribution in [2.75, 3.05) is 24.0 Å². The average Bonchev–Trinajstić information content (AvgIpc) is 2.33. The van der Waals surface area contributed by atoms with Crippen LogP contribution in [-0.2, 0) is 0 Å². The smallest absolute Gasteiger partial charge is 0.143 e. The first-order chi connectivity index (χ1) is 8.11. The van der Waals surface area contributed by atoms with Gasteiger partial charge >= 0.3 is 0 Å². The van der Waals surface area contributed by atoms with Crippen LogP contribution in [0.2, 0.25) is 0 Å². The predicted octanol–water partition coefficient (Wildman–Crippen LogP) is 3.83. The number of anilines is 1. The monoisotopic (exact) mass is 330 g/mol. The average molecular weight is 331 g/mol. The van der Waals surface area contributed by atoms with E-state index in [1.807, 2.05) is 0 Å². The van der Waals surface area contributed by atoms with Crippen LogP contribution in [0.25, 0.3) is 0 Å². The van der Waals surface area contributed by atoms with Crippen molar-refractivity contribution in [1.29, 1.82) is 0 Å². The highest BCUT2D eigenvalue weighted by Crippen LogP contribution is 2.28. The van der Waals surface area contributed by atoms with Crippen LogP contribution in [0.3, 0.4) is 0 Å². The minimum Gasteiger partial charge on any atom is -0.314 e. The van der Waals surface area contributed by atoms with E-state index >= 15 is 0 Å². The van der Waals surface area contributed by atoms with E-state index < -0.39 is 0 Å². The van der Waals surface area contributed by atoms with E-state index in [0.717, 1.165) is 27.9 Å². The molecule has 0 atom stereocenters.